The predicted molar refractivity (Wildman–Crippen MR) is 62.6 cm³/mol. The largest absolute Gasteiger partial charge is 0.493 e. The molecule has 2 aliphatic rings. The zero-order valence-electron chi connectivity index (χ0n) is 9.48. The lowest BCUT2D eigenvalue weighted by atomic mass is 9.86. The van der Waals surface area contributed by atoms with Crippen molar-refractivity contribution in [1.29, 1.82) is 0 Å². The third-order valence-electron chi connectivity index (χ3n) is 3.90. The third-order valence-corrected chi connectivity index (χ3v) is 3.90. The fourth-order valence-electron chi connectivity index (χ4n) is 2.60. The first-order valence-corrected chi connectivity index (χ1v) is 6.27. The van der Waals surface area contributed by atoms with Crippen LogP contribution in [-0.4, -0.2) is 11.7 Å². The number of rotatable bonds is 3. The van der Waals surface area contributed by atoms with Crippen LogP contribution in [0.2, 0.25) is 0 Å². The average molecular weight is 218 g/mol. The van der Waals surface area contributed by atoms with E-state index in [1.54, 1.807) is 0 Å². The molecule has 0 bridgehead atoms. The third kappa shape index (κ3) is 1.71. The highest BCUT2D eigenvalue weighted by Gasteiger charge is 2.24. The zero-order valence-corrected chi connectivity index (χ0v) is 9.48. The summed E-state index contributed by atoms with van der Waals surface area (Å²) in [7, 11) is 0. The van der Waals surface area contributed by atoms with E-state index < -0.39 is 0 Å². The fourth-order valence-corrected chi connectivity index (χ4v) is 2.60. The van der Waals surface area contributed by atoms with Gasteiger partial charge in [-0.3, -0.25) is 0 Å². The standard InChI is InChI=1S/C14H18O2/c15-13-8-7-12-11(13)5-2-6-14(12)16-9-10-3-1-4-10/h2,5-6,10,13,15H,1,3-4,7-9H2. The Hall–Kier alpha value is -1.02. The summed E-state index contributed by atoms with van der Waals surface area (Å²) >= 11 is 0. The number of aliphatic hydroxyl groups is 1. The molecule has 3 rings (SSSR count). The Morgan fingerprint density at radius 3 is 2.88 bits per heavy atom. The Morgan fingerprint density at radius 2 is 2.12 bits per heavy atom. The minimum atomic E-state index is -0.276. The van der Waals surface area contributed by atoms with Gasteiger partial charge in [-0.15, -0.1) is 0 Å². The fraction of sp³-hybridized carbons (Fsp3) is 0.571. The molecule has 0 aromatic heterocycles. The number of benzene rings is 1. The van der Waals surface area contributed by atoms with Crippen molar-refractivity contribution in [3.63, 3.8) is 0 Å². The lowest BCUT2D eigenvalue weighted by Crippen LogP contribution is -2.19. The Morgan fingerprint density at radius 1 is 1.25 bits per heavy atom. The molecule has 0 saturated heterocycles. The van der Waals surface area contributed by atoms with Gasteiger partial charge >= 0.3 is 0 Å². The van der Waals surface area contributed by atoms with Crippen LogP contribution >= 0.6 is 0 Å². The summed E-state index contributed by atoms with van der Waals surface area (Å²) in [5.74, 6) is 1.77. The van der Waals surface area contributed by atoms with Crippen LogP contribution in [-0.2, 0) is 6.42 Å². The average Bonchev–Trinajstić information content (AvgIpc) is 2.60. The summed E-state index contributed by atoms with van der Waals surface area (Å²) in [6, 6.07) is 6.04. The maximum absolute atomic E-state index is 9.78. The molecule has 2 nitrogen and oxygen atoms in total. The molecule has 86 valence electrons. The van der Waals surface area contributed by atoms with E-state index >= 15 is 0 Å². The molecule has 0 aliphatic heterocycles. The van der Waals surface area contributed by atoms with Crippen molar-refractivity contribution in [2.45, 2.75) is 38.2 Å². The van der Waals surface area contributed by atoms with Gasteiger partial charge in [-0.05, 0) is 43.2 Å². The number of ether oxygens (including phenoxy) is 1. The number of hydrogen-bond acceptors (Lipinski definition) is 2. The second-order valence-electron chi connectivity index (χ2n) is 4.99. The summed E-state index contributed by atoms with van der Waals surface area (Å²) < 4.78 is 5.89. The van der Waals surface area contributed by atoms with Crippen LogP contribution in [0.4, 0.5) is 0 Å². The number of fused-ring (bicyclic) bond motifs is 1. The zero-order chi connectivity index (χ0) is 11.0. The van der Waals surface area contributed by atoms with E-state index in [0.717, 1.165) is 36.7 Å². The molecular formula is C14H18O2. The number of aliphatic hydroxyl groups excluding tert-OH is 1. The van der Waals surface area contributed by atoms with Crippen molar-refractivity contribution in [3.05, 3.63) is 29.3 Å². The van der Waals surface area contributed by atoms with Crippen molar-refractivity contribution < 1.29 is 9.84 Å². The Balaban J connectivity index is 1.74. The van der Waals surface area contributed by atoms with Gasteiger partial charge in [0, 0.05) is 5.56 Å². The van der Waals surface area contributed by atoms with Gasteiger partial charge in [0.2, 0.25) is 0 Å². The van der Waals surface area contributed by atoms with Crippen LogP contribution in [0.1, 0.15) is 42.9 Å². The topological polar surface area (TPSA) is 29.5 Å². The van der Waals surface area contributed by atoms with E-state index in [4.69, 9.17) is 4.74 Å². The molecule has 0 spiro atoms. The Labute approximate surface area is 96.2 Å². The molecule has 2 aliphatic carbocycles. The van der Waals surface area contributed by atoms with Crippen molar-refractivity contribution in [2.75, 3.05) is 6.61 Å². The molecule has 1 aromatic rings. The quantitative estimate of drug-likeness (QED) is 0.845. The summed E-state index contributed by atoms with van der Waals surface area (Å²) in [4.78, 5) is 0. The van der Waals surface area contributed by atoms with Gasteiger partial charge in [0.15, 0.2) is 0 Å². The van der Waals surface area contributed by atoms with E-state index in [9.17, 15) is 5.11 Å². The molecule has 0 radical (unpaired) electrons. The Bertz CT molecular complexity index is 382. The van der Waals surface area contributed by atoms with Crippen LogP contribution in [0.15, 0.2) is 18.2 Å². The smallest absolute Gasteiger partial charge is 0.122 e. The molecule has 0 amide bonds. The molecule has 1 saturated carbocycles. The van der Waals surface area contributed by atoms with Gasteiger partial charge in [0.1, 0.15) is 5.75 Å². The number of hydrogen-bond donors (Lipinski definition) is 1. The molecule has 0 heterocycles. The van der Waals surface area contributed by atoms with Gasteiger partial charge in [-0.25, -0.2) is 0 Å². The van der Waals surface area contributed by atoms with Crippen molar-refractivity contribution in [3.8, 4) is 5.75 Å². The molecule has 1 fully saturated rings. The molecule has 1 N–H and O–H groups in total. The van der Waals surface area contributed by atoms with Crippen molar-refractivity contribution in [2.24, 2.45) is 5.92 Å². The van der Waals surface area contributed by atoms with Gasteiger partial charge in [-0.1, -0.05) is 18.6 Å². The molecule has 1 unspecified atom stereocenters. The second-order valence-corrected chi connectivity index (χ2v) is 4.99. The van der Waals surface area contributed by atoms with Crippen LogP contribution in [0.5, 0.6) is 5.75 Å². The summed E-state index contributed by atoms with van der Waals surface area (Å²) in [6.07, 6.45) is 5.52. The van der Waals surface area contributed by atoms with Crippen molar-refractivity contribution >= 4 is 0 Å². The van der Waals surface area contributed by atoms with Gasteiger partial charge in [-0.2, -0.15) is 0 Å². The first-order chi connectivity index (χ1) is 7.84. The second kappa shape index (κ2) is 4.10. The SMILES string of the molecule is OC1CCc2c(OCC3CCC3)cccc21. The van der Waals surface area contributed by atoms with Gasteiger partial charge in [0.25, 0.3) is 0 Å². The highest BCUT2D eigenvalue weighted by molar-refractivity contribution is 5.44. The van der Waals surface area contributed by atoms with E-state index in [1.807, 2.05) is 18.2 Å². The minimum absolute atomic E-state index is 0.276. The monoisotopic (exact) mass is 218 g/mol. The lowest BCUT2D eigenvalue weighted by molar-refractivity contribution is 0.178. The van der Waals surface area contributed by atoms with E-state index in [-0.39, 0.29) is 6.10 Å². The maximum Gasteiger partial charge on any atom is 0.122 e. The van der Waals surface area contributed by atoms with Crippen molar-refractivity contribution in [1.82, 2.24) is 0 Å². The summed E-state index contributed by atoms with van der Waals surface area (Å²) in [5, 5.41) is 9.78. The molecule has 2 heteroatoms. The highest BCUT2D eigenvalue weighted by Crippen LogP contribution is 2.37. The summed E-state index contributed by atoms with van der Waals surface area (Å²) in [5.41, 5.74) is 2.31. The van der Waals surface area contributed by atoms with Crippen LogP contribution in [0, 0.1) is 5.92 Å². The maximum atomic E-state index is 9.78. The summed E-state index contributed by atoms with van der Waals surface area (Å²) in [6.45, 7) is 0.854. The highest BCUT2D eigenvalue weighted by atomic mass is 16.5. The molecular weight excluding hydrogens is 200 g/mol. The predicted octanol–water partition coefficient (Wildman–Crippen LogP) is 2.85. The first kappa shape index (κ1) is 10.2. The van der Waals surface area contributed by atoms with Crippen LogP contribution in [0.3, 0.4) is 0 Å². The van der Waals surface area contributed by atoms with Crippen LogP contribution < -0.4 is 4.74 Å². The lowest BCUT2D eigenvalue weighted by Gasteiger charge is -2.25. The minimum Gasteiger partial charge on any atom is -0.493 e. The van der Waals surface area contributed by atoms with Gasteiger partial charge in [0.05, 0.1) is 12.7 Å². The van der Waals surface area contributed by atoms with E-state index in [0.29, 0.717) is 0 Å². The van der Waals surface area contributed by atoms with Gasteiger partial charge < -0.3 is 9.84 Å². The normalized spacial score (nSPS) is 23.9. The Kier molecular flexibility index (Phi) is 2.60. The first-order valence-electron chi connectivity index (χ1n) is 6.27. The van der Waals surface area contributed by atoms with E-state index in [2.05, 4.69) is 0 Å². The molecule has 1 atom stereocenters. The van der Waals surface area contributed by atoms with Crippen LogP contribution in [0.25, 0.3) is 0 Å². The van der Waals surface area contributed by atoms with E-state index in [1.165, 1.54) is 24.8 Å². The molecule has 1 aromatic carbocycles. The molecule has 16 heavy (non-hydrogen) atoms.